The Morgan fingerprint density at radius 2 is 2.25 bits per heavy atom. The summed E-state index contributed by atoms with van der Waals surface area (Å²) in [5.74, 6) is 0.142. The van der Waals surface area contributed by atoms with E-state index in [0.717, 1.165) is 30.6 Å². The Balaban J connectivity index is 1.78. The van der Waals surface area contributed by atoms with Crippen LogP contribution in [0.2, 0.25) is 0 Å². The van der Waals surface area contributed by atoms with Crippen LogP contribution in [-0.2, 0) is 11.2 Å². The van der Waals surface area contributed by atoms with E-state index in [-0.39, 0.29) is 17.8 Å². The minimum atomic E-state index is -0.00736. The van der Waals surface area contributed by atoms with E-state index in [1.165, 1.54) is 0 Å². The quantitative estimate of drug-likeness (QED) is 0.847. The van der Waals surface area contributed by atoms with E-state index in [9.17, 15) is 9.59 Å². The Bertz CT molecular complexity index is 547. The molecule has 0 aromatic heterocycles. The molecule has 3 rings (SSSR count). The van der Waals surface area contributed by atoms with Gasteiger partial charge in [0.1, 0.15) is 0 Å². The van der Waals surface area contributed by atoms with Crippen molar-refractivity contribution in [2.24, 2.45) is 0 Å². The number of hydrogen-bond donors (Lipinski definition) is 0. The Hall–Kier alpha value is -1.68. The number of carbonyl (C=O) groups excluding carboxylic acids is 2. The van der Waals surface area contributed by atoms with E-state index in [0.29, 0.717) is 24.9 Å². The summed E-state index contributed by atoms with van der Waals surface area (Å²) in [4.78, 5) is 26.0. The number of hydrogen-bond acceptors (Lipinski definition) is 3. The van der Waals surface area contributed by atoms with E-state index in [2.05, 4.69) is 0 Å². The van der Waals surface area contributed by atoms with Gasteiger partial charge in [0, 0.05) is 37.7 Å². The smallest absolute Gasteiger partial charge is 0.253 e. The van der Waals surface area contributed by atoms with Gasteiger partial charge in [0.15, 0.2) is 5.78 Å². The average Bonchev–Trinajstić information content (AvgIpc) is 3.08. The minimum absolute atomic E-state index is 0.00736. The van der Waals surface area contributed by atoms with Gasteiger partial charge in [0.05, 0.1) is 6.10 Å². The zero-order chi connectivity index (χ0) is 14.1. The summed E-state index contributed by atoms with van der Waals surface area (Å²) < 4.78 is 5.57. The van der Waals surface area contributed by atoms with Crippen LogP contribution in [0, 0.1) is 0 Å². The highest BCUT2D eigenvalue weighted by Gasteiger charge is 2.27. The lowest BCUT2D eigenvalue weighted by molar-refractivity contribution is 0.0586. The summed E-state index contributed by atoms with van der Waals surface area (Å²) in [7, 11) is 1.81. The molecule has 1 heterocycles. The maximum absolute atomic E-state index is 12.6. The highest BCUT2D eigenvalue weighted by atomic mass is 16.5. The number of benzene rings is 1. The van der Waals surface area contributed by atoms with Crippen molar-refractivity contribution in [3.8, 4) is 0 Å². The van der Waals surface area contributed by atoms with Gasteiger partial charge in [-0.05, 0) is 30.9 Å². The van der Waals surface area contributed by atoms with Crippen LogP contribution < -0.4 is 0 Å². The van der Waals surface area contributed by atoms with Gasteiger partial charge in [-0.2, -0.15) is 0 Å². The fraction of sp³-hybridized carbons (Fsp3) is 0.500. The number of rotatable bonds is 3. The van der Waals surface area contributed by atoms with Gasteiger partial charge in [-0.15, -0.1) is 0 Å². The van der Waals surface area contributed by atoms with E-state index in [1.54, 1.807) is 18.0 Å². The highest BCUT2D eigenvalue weighted by Crippen LogP contribution is 2.26. The lowest BCUT2D eigenvalue weighted by atomic mass is 10.0. The Morgan fingerprint density at radius 1 is 1.40 bits per heavy atom. The number of nitrogens with zero attached hydrogens (tertiary/aromatic N) is 1. The zero-order valence-electron chi connectivity index (χ0n) is 11.7. The number of amides is 1. The van der Waals surface area contributed by atoms with Crippen molar-refractivity contribution in [1.82, 2.24) is 4.90 Å². The molecule has 1 aliphatic heterocycles. The number of ether oxygens (including phenoxy) is 1. The molecule has 0 bridgehead atoms. The van der Waals surface area contributed by atoms with Gasteiger partial charge in [-0.3, -0.25) is 9.59 Å². The number of fused-ring (bicyclic) bond motifs is 1. The minimum Gasteiger partial charge on any atom is -0.376 e. The van der Waals surface area contributed by atoms with E-state index in [1.807, 2.05) is 12.1 Å². The standard InChI is InChI=1S/C16H19NO3/c1-17(10-11-4-3-9-20-11)16(19)14-6-2-5-13-12(14)7-8-15(13)18/h2,5-6,11H,3-4,7-10H2,1H3/t11-/m1/s1. The first kappa shape index (κ1) is 13.3. The number of likely N-dealkylation sites (N-methyl/N-ethyl adjacent to an activating group) is 1. The van der Waals surface area contributed by atoms with Crippen molar-refractivity contribution in [2.45, 2.75) is 31.8 Å². The second kappa shape index (κ2) is 5.37. The van der Waals surface area contributed by atoms with Crippen LogP contribution in [-0.4, -0.2) is 42.9 Å². The largest absolute Gasteiger partial charge is 0.376 e. The highest BCUT2D eigenvalue weighted by molar-refractivity contribution is 6.05. The molecule has 1 fully saturated rings. The maximum atomic E-state index is 12.6. The summed E-state index contributed by atoms with van der Waals surface area (Å²) in [6.45, 7) is 1.42. The molecule has 1 amide bonds. The number of Topliss-reactive ketones (excluding diaryl/α,β-unsaturated/α-hetero) is 1. The summed E-state index contributed by atoms with van der Waals surface area (Å²) in [5.41, 5.74) is 2.32. The molecule has 20 heavy (non-hydrogen) atoms. The molecule has 1 aliphatic carbocycles. The first-order chi connectivity index (χ1) is 9.66. The van der Waals surface area contributed by atoms with Crippen LogP contribution in [0.5, 0.6) is 0 Å². The van der Waals surface area contributed by atoms with Gasteiger partial charge in [-0.25, -0.2) is 0 Å². The van der Waals surface area contributed by atoms with Gasteiger partial charge >= 0.3 is 0 Å². The molecule has 1 aromatic carbocycles. The topological polar surface area (TPSA) is 46.6 Å². The predicted octanol–water partition coefficient (Wildman–Crippen LogP) is 2.07. The fourth-order valence-electron chi connectivity index (χ4n) is 3.07. The third kappa shape index (κ3) is 2.36. The third-order valence-corrected chi connectivity index (χ3v) is 4.16. The molecule has 4 nitrogen and oxygen atoms in total. The van der Waals surface area contributed by atoms with E-state index >= 15 is 0 Å². The van der Waals surface area contributed by atoms with Crippen molar-refractivity contribution in [3.05, 3.63) is 34.9 Å². The maximum Gasteiger partial charge on any atom is 0.253 e. The fourth-order valence-corrected chi connectivity index (χ4v) is 3.07. The molecule has 0 spiro atoms. The molecular weight excluding hydrogens is 254 g/mol. The molecule has 0 radical (unpaired) electrons. The molecule has 1 saturated heterocycles. The molecule has 1 atom stereocenters. The van der Waals surface area contributed by atoms with E-state index in [4.69, 9.17) is 4.74 Å². The number of ketones is 1. The van der Waals surface area contributed by atoms with Gasteiger partial charge < -0.3 is 9.64 Å². The monoisotopic (exact) mass is 273 g/mol. The van der Waals surface area contributed by atoms with Gasteiger partial charge in [0.25, 0.3) is 5.91 Å². The average molecular weight is 273 g/mol. The molecule has 2 aliphatic rings. The molecule has 1 aromatic rings. The second-order valence-corrected chi connectivity index (χ2v) is 5.58. The van der Waals surface area contributed by atoms with Crippen molar-refractivity contribution < 1.29 is 14.3 Å². The molecular formula is C16H19NO3. The molecule has 106 valence electrons. The normalized spacial score (nSPS) is 21.1. The van der Waals surface area contributed by atoms with Crippen molar-refractivity contribution in [2.75, 3.05) is 20.2 Å². The molecule has 0 N–H and O–H groups in total. The van der Waals surface area contributed by atoms with Gasteiger partial charge in [-0.1, -0.05) is 12.1 Å². The van der Waals surface area contributed by atoms with Crippen LogP contribution in [0.15, 0.2) is 18.2 Å². The van der Waals surface area contributed by atoms with Crippen molar-refractivity contribution in [3.63, 3.8) is 0 Å². The van der Waals surface area contributed by atoms with Crippen molar-refractivity contribution in [1.29, 1.82) is 0 Å². The van der Waals surface area contributed by atoms with Crippen molar-refractivity contribution >= 4 is 11.7 Å². The molecule has 0 saturated carbocycles. The van der Waals surface area contributed by atoms with Crippen LogP contribution in [0.25, 0.3) is 0 Å². The summed E-state index contributed by atoms with van der Waals surface area (Å²) >= 11 is 0. The predicted molar refractivity (Wildman–Crippen MR) is 75.0 cm³/mol. The SMILES string of the molecule is CN(C[C@H]1CCCO1)C(=O)c1cccc2c1CCC2=O. The summed E-state index contributed by atoms with van der Waals surface area (Å²) in [6, 6.07) is 5.45. The third-order valence-electron chi connectivity index (χ3n) is 4.16. The van der Waals surface area contributed by atoms with E-state index < -0.39 is 0 Å². The van der Waals surface area contributed by atoms with Crippen LogP contribution in [0.1, 0.15) is 45.5 Å². The van der Waals surface area contributed by atoms with Gasteiger partial charge in [0.2, 0.25) is 0 Å². The first-order valence-electron chi connectivity index (χ1n) is 7.19. The lowest BCUT2D eigenvalue weighted by Crippen LogP contribution is -2.34. The zero-order valence-corrected chi connectivity index (χ0v) is 11.7. The van der Waals surface area contributed by atoms with Crippen LogP contribution in [0.3, 0.4) is 0 Å². The van der Waals surface area contributed by atoms with Crippen LogP contribution >= 0.6 is 0 Å². The first-order valence-corrected chi connectivity index (χ1v) is 7.19. The summed E-state index contributed by atoms with van der Waals surface area (Å²) in [6.07, 6.45) is 3.45. The number of carbonyl (C=O) groups is 2. The Kier molecular flexibility index (Phi) is 3.57. The summed E-state index contributed by atoms with van der Waals surface area (Å²) in [5, 5.41) is 0. The molecule has 0 unspecified atom stereocenters. The Morgan fingerprint density at radius 3 is 3.00 bits per heavy atom. The van der Waals surface area contributed by atoms with Crippen LogP contribution in [0.4, 0.5) is 0 Å². The lowest BCUT2D eigenvalue weighted by Gasteiger charge is -2.22. The molecule has 4 heteroatoms. The second-order valence-electron chi connectivity index (χ2n) is 5.58. The Labute approximate surface area is 118 Å².